The highest BCUT2D eigenvalue weighted by atomic mass is 16.2. The maximum Gasteiger partial charge on any atom is 0.251 e. The minimum absolute atomic E-state index is 0.0171. The number of carbonyl (C=O) groups excluding carboxylic acids is 3. The molecule has 3 aromatic rings. The van der Waals surface area contributed by atoms with Gasteiger partial charge in [0.25, 0.3) is 5.91 Å². The zero-order chi connectivity index (χ0) is 23.8. The molecule has 0 radical (unpaired) electrons. The molecule has 1 aliphatic heterocycles. The second-order valence-electron chi connectivity index (χ2n) is 8.54. The number of benzene rings is 3. The van der Waals surface area contributed by atoms with Crippen molar-refractivity contribution >= 4 is 23.4 Å². The fourth-order valence-electron chi connectivity index (χ4n) is 4.23. The van der Waals surface area contributed by atoms with E-state index in [-0.39, 0.29) is 23.6 Å². The summed E-state index contributed by atoms with van der Waals surface area (Å²) in [6.07, 6.45) is 1.59. The maximum absolute atomic E-state index is 13.4. The van der Waals surface area contributed by atoms with Crippen molar-refractivity contribution in [2.24, 2.45) is 5.92 Å². The number of carbonyl (C=O) groups is 3. The van der Waals surface area contributed by atoms with Crippen LogP contribution < -0.4 is 10.6 Å². The first-order valence-electron chi connectivity index (χ1n) is 11.6. The molecule has 3 aromatic carbocycles. The first-order valence-corrected chi connectivity index (χ1v) is 11.6. The molecule has 0 spiro atoms. The summed E-state index contributed by atoms with van der Waals surface area (Å²) < 4.78 is 0. The Morgan fingerprint density at radius 2 is 1.35 bits per heavy atom. The van der Waals surface area contributed by atoms with Crippen molar-refractivity contribution in [1.82, 2.24) is 10.2 Å². The Bertz CT molecular complexity index is 1100. The predicted molar refractivity (Wildman–Crippen MR) is 132 cm³/mol. The van der Waals surface area contributed by atoms with E-state index < -0.39 is 6.04 Å². The van der Waals surface area contributed by atoms with E-state index in [9.17, 15) is 14.4 Å². The molecule has 0 unspecified atom stereocenters. The van der Waals surface area contributed by atoms with Crippen molar-refractivity contribution in [3.8, 4) is 0 Å². The summed E-state index contributed by atoms with van der Waals surface area (Å²) in [5, 5.41) is 5.89. The van der Waals surface area contributed by atoms with Gasteiger partial charge in [-0.05, 0) is 42.7 Å². The van der Waals surface area contributed by atoms with Crippen molar-refractivity contribution < 1.29 is 14.4 Å². The van der Waals surface area contributed by atoms with Crippen LogP contribution in [0.1, 0.15) is 28.8 Å². The predicted octanol–water partition coefficient (Wildman–Crippen LogP) is 3.91. The standard InChI is InChI=1S/C28H29N3O3/c32-26(29-24-14-8-3-9-15-24)23-16-18-31(19-17-23)28(34)25(20-21-10-4-1-5-11-21)30-27(33)22-12-6-2-7-13-22/h1-15,23,25H,16-20H2,(H,29,32)(H,30,33)/t25-/m1/s1. The van der Waals surface area contributed by atoms with Crippen molar-refractivity contribution in [3.63, 3.8) is 0 Å². The van der Waals surface area contributed by atoms with E-state index in [0.29, 0.717) is 37.9 Å². The molecule has 2 N–H and O–H groups in total. The first-order chi connectivity index (χ1) is 16.6. The van der Waals surface area contributed by atoms with E-state index in [4.69, 9.17) is 0 Å². The van der Waals surface area contributed by atoms with Crippen LogP contribution in [0.25, 0.3) is 0 Å². The summed E-state index contributed by atoms with van der Waals surface area (Å²) in [7, 11) is 0. The van der Waals surface area contributed by atoms with E-state index >= 15 is 0 Å². The minimum atomic E-state index is -0.676. The fraction of sp³-hybridized carbons (Fsp3) is 0.250. The monoisotopic (exact) mass is 455 g/mol. The number of likely N-dealkylation sites (tertiary alicyclic amines) is 1. The molecule has 1 fully saturated rings. The summed E-state index contributed by atoms with van der Waals surface area (Å²) in [5.74, 6) is -0.547. The number of piperidine rings is 1. The number of nitrogens with one attached hydrogen (secondary N) is 2. The Kier molecular flexibility index (Phi) is 7.71. The van der Waals surface area contributed by atoms with Crippen molar-refractivity contribution in [1.29, 1.82) is 0 Å². The van der Waals surface area contributed by atoms with Gasteiger partial charge in [0.15, 0.2) is 0 Å². The molecule has 1 atom stereocenters. The van der Waals surface area contributed by atoms with Crippen LogP contribution in [0, 0.1) is 5.92 Å². The quantitative estimate of drug-likeness (QED) is 0.567. The van der Waals surface area contributed by atoms with Crippen LogP contribution in [-0.4, -0.2) is 41.8 Å². The third kappa shape index (κ3) is 6.10. The molecule has 0 aromatic heterocycles. The molecule has 0 saturated carbocycles. The number of anilines is 1. The second-order valence-corrected chi connectivity index (χ2v) is 8.54. The molecule has 1 aliphatic rings. The van der Waals surface area contributed by atoms with E-state index in [0.717, 1.165) is 11.3 Å². The van der Waals surface area contributed by atoms with Crippen LogP contribution in [0.15, 0.2) is 91.0 Å². The fourth-order valence-corrected chi connectivity index (χ4v) is 4.23. The van der Waals surface area contributed by atoms with Crippen LogP contribution >= 0.6 is 0 Å². The van der Waals surface area contributed by atoms with Gasteiger partial charge in [-0.3, -0.25) is 14.4 Å². The number of amides is 3. The Hall–Kier alpha value is -3.93. The molecule has 0 bridgehead atoms. The molecule has 3 amide bonds. The Morgan fingerprint density at radius 1 is 0.794 bits per heavy atom. The lowest BCUT2D eigenvalue weighted by molar-refractivity contribution is -0.136. The summed E-state index contributed by atoms with van der Waals surface area (Å²) in [6.45, 7) is 0.969. The third-order valence-corrected chi connectivity index (χ3v) is 6.14. The third-order valence-electron chi connectivity index (χ3n) is 6.14. The molecule has 174 valence electrons. The summed E-state index contributed by atoms with van der Waals surface area (Å²) in [5.41, 5.74) is 2.27. The zero-order valence-corrected chi connectivity index (χ0v) is 19.0. The first kappa shape index (κ1) is 23.2. The molecule has 0 aliphatic carbocycles. The van der Waals surface area contributed by atoms with Gasteiger partial charge in [-0.25, -0.2) is 0 Å². The van der Waals surface area contributed by atoms with Gasteiger partial charge in [0.1, 0.15) is 6.04 Å². The largest absolute Gasteiger partial charge is 0.341 e. The highest BCUT2D eigenvalue weighted by molar-refractivity contribution is 5.97. The number of rotatable bonds is 7. The number of hydrogen-bond donors (Lipinski definition) is 2. The van der Waals surface area contributed by atoms with Gasteiger partial charge in [-0.15, -0.1) is 0 Å². The van der Waals surface area contributed by atoms with Crippen LogP contribution in [0.5, 0.6) is 0 Å². The van der Waals surface area contributed by atoms with Crippen molar-refractivity contribution in [3.05, 3.63) is 102 Å². The summed E-state index contributed by atoms with van der Waals surface area (Å²) in [6, 6.07) is 27.3. The van der Waals surface area contributed by atoms with Gasteiger partial charge in [-0.2, -0.15) is 0 Å². The lowest BCUT2D eigenvalue weighted by Gasteiger charge is -2.34. The van der Waals surface area contributed by atoms with Gasteiger partial charge in [-0.1, -0.05) is 66.7 Å². The SMILES string of the molecule is O=C(N[C@H](Cc1ccccc1)C(=O)N1CCC(C(=O)Nc2ccccc2)CC1)c1ccccc1. The van der Waals surface area contributed by atoms with E-state index in [1.165, 1.54) is 0 Å². The van der Waals surface area contributed by atoms with Gasteiger partial charge < -0.3 is 15.5 Å². The topological polar surface area (TPSA) is 78.5 Å². The normalized spacial score (nSPS) is 14.8. The highest BCUT2D eigenvalue weighted by Gasteiger charge is 2.32. The molecular weight excluding hydrogens is 426 g/mol. The summed E-state index contributed by atoms with van der Waals surface area (Å²) in [4.78, 5) is 40.7. The molecule has 6 nitrogen and oxygen atoms in total. The van der Waals surface area contributed by atoms with E-state index in [1.54, 1.807) is 29.2 Å². The smallest absolute Gasteiger partial charge is 0.251 e. The maximum atomic E-state index is 13.4. The van der Waals surface area contributed by atoms with Crippen molar-refractivity contribution in [2.45, 2.75) is 25.3 Å². The van der Waals surface area contributed by atoms with Gasteiger partial charge in [0, 0.05) is 36.7 Å². The molecule has 34 heavy (non-hydrogen) atoms. The van der Waals surface area contributed by atoms with Gasteiger partial charge >= 0.3 is 0 Å². The molecular formula is C28H29N3O3. The second kappa shape index (κ2) is 11.3. The van der Waals surface area contributed by atoms with Crippen molar-refractivity contribution in [2.75, 3.05) is 18.4 Å². The van der Waals surface area contributed by atoms with E-state index in [2.05, 4.69) is 10.6 Å². The van der Waals surface area contributed by atoms with Gasteiger partial charge in [0.2, 0.25) is 11.8 Å². The zero-order valence-electron chi connectivity index (χ0n) is 19.0. The average molecular weight is 456 g/mol. The lowest BCUT2D eigenvalue weighted by Crippen LogP contribution is -2.52. The number of hydrogen-bond acceptors (Lipinski definition) is 3. The van der Waals surface area contributed by atoms with Crippen LogP contribution in [0.2, 0.25) is 0 Å². The minimum Gasteiger partial charge on any atom is -0.341 e. The Morgan fingerprint density at radius 3 is 1.97 bits per heavy atom. The van der Waals surface area contributed by atoms with Crippen LogP contribution in [0.3, 0.4) is 0 Å². The summed E-state index contributed by atoms with van der Waals surface area (Å²) >= 11 is 0. The van der Waals surface area contributed by atoms with Crippen LogP contribution in [0.4, 0.5) is 5.69 Å². The molecule has 1 saturated heterocycles. The lowest BCUT2D eigenvalue weighted by atomic mass is 9.94. The molecule has 6 heteroatoms. The highest BCUT2D eigenvalue weighted by Crippen LogP contribution is 2.21. The average Bonchev–Trinajstić information content (AvgIpc) is 2.89. The Labute approximate surface area is 200 Å². The Balaban J connectivity index is 1.39. The number of para-hydroxylation sites is 1. The number of nitrogens with zero attached hydrogens (tertiary/aromatic N) is 1. The van der Waals surface area contributed by atoms with Crippen LogP contribution in [-0.2, 0) is 16.0 Å². The molecule has 1 heterocycles. The molecule has 4 rings (SSSR count). The van der Waals surface area contributed by atoms with E-state index in [1.807, 2.05) is 66.7 Å². The van der Waals surface area contributed by atoms with Gasteiger partial charge in [0.05, 0.1) is 0 Å².